The fourth-order valence-electron chi connectivity index (χ4n) is 3.61. The van der Waals surface area contributed by atoms with Gasteiger partial charge in [0.15, 0.2) is 6.61 Å². The number of amides is 1. The summed E-state index contributed by atoms with van der Waals surface area (Å²) < 4.78 is 10.4. The van der Waals surface area contributed by atoms with Gasteiger partial charge in [-0.05, 0) is 24.1 Å². The highest BCUT2D eigenvalue weighted by atomic mass is 16.6. The molecule has 0 spiro atoms. The van der Waals surface area contributed by atoms with Crippen LogP contribution in [0, 0.1) is 10.1 Å². The summed E-state index contributed by atoms with van der Waals surface area (Å²) >= 11 is 0. The second-order valence-corrected chi connectivity index (χ2v) is 7.46. The van der Waals surface area contributed by atoms with E-state index in [-0.39, 0.29) is 17.3 Å². The number of morpholine rings is 1. The third-order valence-corrected chi connectivity index (χ3v) is 5.21. The average Bonchev–Trinajstić information content (AvgIpc) is 2.83. The molecule has 1 aliphatic heterocycles. The lowest BCUT2D eigenvalue weighted by Gasteiger charge is -2.28. The Bertz CT molecular complexity index is 944. The number of nitro benzene ring substituents is 1. The standard InChI is InChI=1S/C23H27N3O6/c1-2-6-19(17-7-4-3-5-8-17)24-22(27)16-32-23(28)18-9-10-20(21(15-18)26(29)30)25-11-13-31-14-12-25/h3-5,7-10,15,19H,2,6,11-14,16H2,1H3,(H,24,27). The number of esters is 1. The molecule has 32 heavy (non-hydrogen) atoms. The number of nitrogens with one attached hydrogen (secondary N) is 1. The van der Waals surface area contributed by atoms with Crippen LogP contribution in [0.25, 0.3) is 0 Å². The topological polar surface area (TPSA) is 111 Å². The molecule has 2 aromatic rings. The number of benzene rings is 2. The summed E-state index contributed by atoms with van der Waals surface area (Å²) in [7, 11) is 0. The predicted octanol–water partition coefficient (Wildman–Crippen LogP) is 3.25. The largest absolute Gasteiger partial charge is 0.452 e. The van der Waals surface area contributed by atoms with E-state index in [0.29, 0.717) is 32.0 Å². The first-order valence-corrected chi connectivity index (χ1v) is 10.6. The SMILES string of the molecule is CCCC(NC(=O)COC(=O)c1ccc(N2CCOCC2)c([N+](=O)[O-])c1)c1ccccc1. The zero-order valence-electron chi connectivity index (χ0n) is 18.0. The van der Waals surface area contributed by atoms with E-state index >= 15 is 0 Å². The van der Waals surface area contributed by atoms with Gasteiger partial charge in [-0.3, -0.25) is 14.9 Å². The summed E-state index contributed by atoms with van der Waals surface area (Å²) in [5, 5.41) is 14.4. The van der Waals surface area contributed by atoms with Gasteiger partial charge >= 0.3 is 5.97 Å². The molecule has 0 saturated carbocycles. The lowest BCUT2D eigenvalue weighted by Crippen LogP contribution is -2.36. The van der Waals surface area contributed by atoms with Crippen LogP contribution in [0.3, 0.4) is 0 Å². The molecule has 1 fully saturated rings. The third-order valence-electron chi connectivity index (χ3n) is 5.21. The molecule has 1 saturated heterocycles. The second kappa shape index (κ2) is 11.2. The Morgan fingerprint density at radius 2 is 1.91 bits per heavy atom. The Morgan fingerprint density at radius 1 is 1.19 bits per heavy atom. The molecule has 3 rings (SSSR count). The summed E-state index contributed by atoms with van der Waals surface area (Å²) in [6.07, 6.45) is 1.62. The number of hydrogen-bond acceptors (Lipinski definition) is 7. The number of carbonyl (C=O) groups excluding carboxylic acids is 2. The summed E-state index contributed by atoms with van der Waals surface area (Å²) in [4.78, 5) is 37.7. The van der Waals surface area contributed by atoms with Crippen LogP contribution < -0.4 is 10.2 Å². The van der Waals surface area contributed by atoms with E-state index in [4.69, 9.17) is 9.47 Å². The third kappa shape index (κ3) is 6.04. The molecule has 0 aromatic heterocycles. The van der Waals surface area contributed by atoms with Crippen molar-refractivity contribution in [3.8, 4) is 0 Å². The molecule has 1 atom stereocenters. The van der Waals surface area contributed by atoms with E-state index in [1.54, 1.807) is 0 Å². The lowest BCUT2D eigenvalue weighted by molar-refractivity contribution is -0.384. The van der Waals surface area contributed by atoms with E-state index in [9.17, 15) is 19.7 Å². The van der Waals surface area contributed by atoms with Crippen molar-refractivity contribution < 1.29 is 24.0 Å². The van der Waals surface area contributed by atoms with Crippen LogP contribution in [0.1, 0.15) is 41.7 Å². The van der Waals surface area contributed by atoms with E-state index in [1.807, 2.05) is 42.2 Å². The van der Waals surface area contributed by atoms with Gasteiger partial charge in [0.1, 0.15) is 5.69 Å². The van der Waals surface area contributed by atoms with Crippen LogP contribution >= 0.6 is 0 Å². The number of carbonyl (C=O) groups is 2. The molecular weight excluding hydrogens is 414 g/mol. The minimum absolute atomic E-state index is 0.0228. The van der Waals surface area contributed by atoms with E-state index < -0.39 is 23.4 Å². The Hall–Kier alpha value is -3.46. The fraction of sp³-hybridized carbons (Fsp3) is 0.391. The molecule has 0 aliphatic carbocycles. The summed E-state index contributed by atoms with van der Waals surface area (Å²) in [5.74, 6) is -1.22. The Balaban J connectivity index is 1.63. The maximum absolute atomic E-state index is 12.4. The quantitative estimate of drug-likeness (QED) is 0.361. The van der Waals surface area contributed by atoms with Crippen molar-refractivity contribution in [2.24, 2.45) is 0 Å². The molecule has 9 nitrogen and oxygen atoms in total. The first-order valence-electron chi connectivity index (χ1n) is 10.6. The molecule has 2 aromatic carbocycles. The van der Waals surface area contributed by atoms with Crippen molar-refractivity contribution in [3.05, 3.63) is 69.8 Å². The lowest BCUT2D eigenvalue weighted by atomic mass is 10.0. The van der Waals surface area contributed by atoms with Crippen LogP contribution in [0.5, 0.6) is 0 Å². The molecule has 1 amide bonds. The molecule has 9 heteroatoms. The monoisotopic (exact) mass is 441 g/mol. The van der Waals surface area contributed by atoms with E-state index in [1.165, 1.54) is 18.2 Å². The van der Waals surface area contributed by atoms with Gasteiger partial charge < -0.3 is 19.7 Å². The molecule has 1 unspecified atom stereocenters. The van der Waals surface area contributed by atoms with Gasteiger partial charge in [-0.25, -0.2) is 4.79 Å². The number of hydrogen-bond donors (Lipinski definition) is 1. The zero-order valence-corrected chi connectivity index (χ0v) is 18.0. The number of ether oxygens (including phenoxy) is 2. The van der Waals surface area contributed by atoms with Gasteiger partial charge in [-0.2, -0.15) is 0 Å². The molecule has 0 bridgehead atoms. The fourth-order valence-corrected chi connectivity index (χ4v) is 3.61. The summed E-state index contributed by atoms with van der Waals surface area (Å²) in [6, 6.07) is 13.6. The normalized spacial score (nSPS) is 14.5. The van der Waals surface area contributed by atoms with Crippen molar-refractivity contribution >= 4 is 23.3 Å². The molecule has 1 N–H and O–H groups in total. The van der Waals surface area contributed by atoms with Gasteiger partial charge in [0.2, 0.25) is 0 Å². The van der Waals surface area contributed by atoms with Gasteiger partial charge in [0.05, 0.1) is 29.7 Å². The molecule has 1 heterocycles. The van der Waals surface area contributed by atoms with E-state index in [2.05, 4.69) is 5.32 Å². The number of anilines is 1. The van der Waals surface area contributed by atoms with Gasteiger partial charge in [0.25, 0.3) is 11.6 Å². The number of nitrogens with zero attached hydrogens (tertiary/aromatic N) is 2. The predicted molar refractivity (Wildman–Crippen MR) is 119 cm³/mol. The van der Waals surface area contributed by atoms with Crippen molar-refractivity contribution in [1.82, 2.24) is 5.32 Å². The Kier molecular flexibility index (Phi) is 8.15. The minimum atomic E-state index is -0.788. The zero-order chi connectivity index (χ0) is 22.9. The smallest absolute Gasteiger partial charge is 0.338 e. The van der Waals surface area contributed by atoms with Crippen LogP contribution in [0.2, 0.25) is 0 Å². The van der Waals surface area contributed by atoms with Crippen LogP contribution in [-0.2, 0) is 14.3 Å². The van der Waals surface area contributed by atoms with Gasteiger partial charge in [0, 0.05) is 19.2 Å². The first-order chi connectivity index (χ1) is 15.5. The van der Waals surface area contributed by atoms with Crippen molar-refractivity contribution in [3.63, 3.8) is 0 Å². The molecule has 170 valence electrons. The molecule has 1 aliphatic rings. The van der Waals surface area contributed by atoms with E-state index in [0.717, 1.165) is 18.4 Å². The van der Waals surface area contributed by atoms with Crippen LogP contribution in [0.4, 0.5) is 11.4 Å². The van der Waals surface area contributed by atoms with Crippen molar-refractivity contribution in [2.75, 3.05) is 37.8 Å². The Labute approximate surface area is 186 Å². The summed E-state index contributed by atoms with van der Waals surface area (Å²) in [6.45, 7) is 3.59. The van der Waals surface area contributed by atoms with Gasteiger partial charge in [-0.1, -0.05) is 43.7 Å². The maximum atomic E-state index is 12.4. The number of rotatable bonds is 9. The summed E-state index contributed by atoms with van der Waals surface area (Å²) in [5.41, 5.74) is 1.24. The maximum Gasteiger partial charge on any atom is 0.338 e. The highest BCUT2D eigenvalue weighted by Gasteiger charge is 2.24. The second-order valence-electron chi connectivity index (χ2n) is 7.46. The minimum Gasteiger partial charge on any atom is -0.452 e. The highest BCUT2D eigenvalue weighted by Crippen LogP contribution is 2.30. The number of nitro groups is 1. The highest BCUT2D eigenvalue weighted by molar-refractivity contribution is 5.93. The molecule has 0 radical (unpaired) electrons. The van der Waals surface area contributed by atoms with Crippen molar-refractivity contribution in [1.29, 1.82) is 0 Å². The van der Waals surface area contributed by atoms with Crippen LogP contribution in [0.15, 0.2) is 48.5 Å². The Morgan fingerprint density at radius 3 is 2.56 bits per heavy atom. The molecular formula is C23H27N3O6. The van der Waals surface area contributed by atoms with Crippen LogP contribution in [-0.4, -0.2) is 49.7 Å². The first kappa shape index (κ1) is 23.2. The van der Waals surface area contributed by atoms with Crippen molar-refractivity contribution in [2.45, 2.75) is 25.8 Å². The van der Waals surface area contributed by atoms with Gasteiger partial charge in [-0.15, -0.1) is 0 Å². The average molecular weight is 441 g/mol.